The summed E-state index contributed by atoms with van der Waals surface area (Å²) in [5, 5.41) is 9.53. The second-order valence-corrected chi connectivity index (χ2v) is 6.20. The summed E-state index contributed by atoms with van der Waals surface area (Å²) in [6.07, 6.45) is 1.84. The van der Waals surface area contributed by atoms with Crippen LogP contribution in [0.4, 0.5) is 5.69 Å². The second kappa shape index (κ2) is 6.84. The maximum Gasteiger partial charge on any atom is 0.276 e. The molecule has 124 valence electrons. The van der Waals surface area contributed by atoms with Crippen molar-refractivity contribution in [3.63, 3.8) is 0 Å². The van der Waals surface area contributed by atoms with Crippen molar-refractivity contribution in [1.82, 2.24) is 14.7 Å². The molecule has 24 heavy (non-hydrogen) atoms. The van der Waals surface area contributed by atoms with Crippen molar-refractivity contribution in [3.8, 4) is 0 Å². The van der Waals surface area contributed by atoms with Gasteiger partial charge in [0.05, 0.1) is 12.2 Å². The highest BCUT2D eigenvalue weighted by Gasteiger charge is 2.13. The van der Waals surface area contributed by atoms with Gasteiger partial charge >= 0.3 is 0 Å². The van der Waals surface area contributed by atoms with E-state index in [-0.39, 0.29) is 5.91 Å². The number of benzene rings is 2. The number of nitrogens with zero attached hydrogens (tertiary/aromatic N) is 3. The van der Waals surface area contributed by atoms with Crippen LogP contribution in [0, 0.1) is 6.92 Å². The van der Waals surface area contributed by atoms with Crippen LogP contribution < -0.4 is 5.32 Å². The van der Waals surface area contributed by atoms with Crippen molar-refractivity contribution in [3.05, 3.63) is 59.9 Å². The van der Waals surface area contributed by atoms with Gasteiger partial charge in [-0.3, -0.25) is 9.48 Å². The van der Waals surface area contributed by atoms with Crippen LogP contribution in [0.5, 0.6) is 0 Å². The van der Waals surface area contributed by atoms with Crippen LogP contribution in [-0.2, 0) is 6.54 Å². The summed E-state index contributed by atoms with van der Waals surface area (Å²) in [6, 6.07) is 13.9. The molecule has 3 rings (SSSR count). The van der Waals surface area contributed by atoms with Gasteiger partial charge in [-0.25, -0.2) is 0 Å². The molecule has 1 aromatic heterocycles. The zero-order chi connectivity index (χ0) is 17.1. The average molecular weight is 322 g/mol. The van der Waals surface area contributed by atoms with E-state index < -0.39 is 0 Å². The number of aryl methyl sites for hydroxylation is 1. The molecule has 0 atom stereocenters. The van der Waals surface area contributed by atoms with E-state index in [1.807, 2.05) is 57.5 Å². The minimum atomic E-state index is -0.182. The molecule has 1 N–H and O–H groups in total. The summed E-state index contributed by atoms with van der Waals surface area (Å²) in [4.78, 5) is 14.6. The highest BCUT2D eigenvalue weighted by Crippen LogP contribution is 2.27. The van der Waals surface area contributed by atoms with Gasteiger partial charge in [-0.1, -0.05) is 36.4 Å². The van der Waals surface area contributed by atoms with Gasteiger partial charge in [0.1, 0.15) is 0 Å². The average Bonchev–Trinajstić information content (AvgIpc) is 3.04. The number of rotatable bonds is 5. The zero-order valence-electron chi connectivity index (χ0n) is 14.3. The van der Waals surface area contributed by atoms with E-state index >= 15 is 0 Å². The lowest BCUT2D eigenvalue weighted by Crippen LogP contribution is -2.19. The van der Waals surface area contributed by atoms with Gasteiger partial charge in [0, 0.05) is 18.1 Å². The fraction of sp³-hybridized carbons (Fsp3) is 0.263. The van der Waals surface area contributed by atoms with Gasteiger partial charge in [0.2, 0.25) is 0 Å². The minimum Gasteiger partial charge on any atom is -0.320 e. The third-order valence-electron chi connectivity index (χ3n) is 4.03. The maximum absolute atomic E-state index is 12.6. The summed E-state index contributed by atoms with van der Waals surface area (Å²) >= 11 is 0. The highest BCUT2D eigenvalue weighted by molar-refractivity contribution is 6.09. The van der Waals surface area contributed by atoms with E-state index in [2.05, 4.69) is 21.4 Å². The van der Waals surface area contributed by atoms with Crippen LogP contribution in [0.15, 0.2) is 48.7 Å². The van der Waals surface area contributed by atoms with E-state index in [0.717, 1.165) is 35.1 Å². The molecular formula is C19H22N4O. The number of likely N-dealkylation sites (N-methyl/N-ethyl adjacent to an activating group) is 1. The molecule has 0 aliphatic heterocycles. The number of anilines is 1. The van der Waals surface area contributed by atoms with E-state index in [4.69, 9.17) is 0 Å². The Bertz CT molecular complexity index is 867. The predicted molar refractivity (Wildman–Crippen MR) is 97.4 cm³/mol. The Hall–Kier alpha value is -2.66. The van der Waals surface area contributed by atoms with E-state index in [1.165, 1.54) is 0 Å². The normalized spacial score (nSPS) is 11.2. The van der Waals surface area contributed by atoms with Gasteiger partial charge in [0.25, 0.3) is 5.91 Å². The third kappa shape index (κ3) is 3.46. The number of aromatic nitrogens is 2. The van der Waals surface area contributed by atoms with Gasteiger partial charge in [-0.2, -0.15) is 5.10 Å². The smallest absolute Gasteiger partial charge is 0.276 e. The van der Waals surface area contributed by atoms with Crippen molar-refractivity contribution in [2.24, 2.45) is 0 Å². The summed E-state index contributed by atoms with van der Waals surface area (Å²) < 4.78 is 1.80. The number of carbonyl (C=O) groups excluding carboxylic acids is 1. The van der Waals surface area contributed by atoms with Crippen LogP contribution >= 0.6 is 0 Å². The molecule has 0 unspecified atom stereocenters. The van der Waals surface area contributed by atoms with Gasteiger partial charge in [0.15, 0.2) is 5.69 Å². The molecule has 0 bridgehead atoms. The van der Waals surface area contributed by atoms with Crippen LogP contribution in [0.3, 0.4) is 0 Å². The molecule has 0 aliphatic rings. The highest BCUT2D eigenvalue weighted by atomic mass is 16.1. The van der Waals surface area contributed by atoms with Crippen molar-refractivity contribution in [2.45, 2.75) is 13.5 Å². The zero-order valence-corrected chi connectivity index (χ0v) is 14.3. The summed E-state index contributed by atoms with van der Waals surface area (Å²) in [5.41, 5.74) is 2.32. The van der Waals surface area contributed by atoms with Crippen molar-refractivity contribution >= 4 is 22.4 Å². The second-order valence-electron chi connectivity index (χ2n) is 6.20. The Morgan fingerprint density at radius 3 is 2.75 bits per heavy atom. The fourth-order valence-electron chi connectivity index (χ4n) is 2.63. The molecule has 5 heteroatoms. The van der Waals surface area contributed by atoms with E-state index in [9.17, 15) is 4.79 Å². The lowest BCUT2D eigenvalue weighted by Gasteiger charge is -2.11. The predicted octanol–water partition coefficient (Wildman–Crippen LogP) is 3.16. The van der Waals surface area contributed by atoms with Crippen molar-refractivity contribution in [2.75, 3.05) is 26.0 Å². The van der Waals surface area contributed by atoms with Crippen LogP contribution in [0.2, 0.25) is 0 Å². The number of nitrogens with one attached hydrogen (secondary N) is 1. The lowest BCUT2D eigenvalue weighted by atomic mass is 10.0. The third-order valence-corrected chi connectivity index (χ3v) is 4.03. The van der Waals surface area contributed by atoms with Gasteiger partial charge in [-0.15, -0.1) is 0 Å². The Labute approximate surface area is 141 Å². The molecule has 2 aromatic carbocycles. The molecule has 3 aromatic rings. The van der Waals surface area contributed by atoms with Gasteiger partial charge < -0.3 is 10.2 Å². The molecular weight excluding hydrogens is 300 g/mol. The quantitative estimate of drug-likeness (QED) is 0.785. The Morgan fingerprint density at radius 2 is 1.96 bits per heavy atom. The Morgan fingerprint density at radius 1 is 1.17 bits per heavy atom. The number of fused-ring (bicyclic) bond motifs is 1. The molecule has 1 amide bonds. The van der Waals surface area contributed by atoms with Crippen LogP contribution in [0.1, 0.15) is 16.1 Å². The number of hydrogen-bond donors (Lipinski definition) is 1. The number of amides is 1. The molecule has 0 spiro atoms. The van der Waals surface area contributed by atoms with Crippen molar-refractivity contribution < 1.29 is 4.79 Å². The molecule has 1 heterocycles. The molecule has 0 radical (unpaired) electrons. The first-order chi connectivity index (χ1) is 11.5. The Kier molecular flexibility index (Phi) is 4.62. The lowest BCUT2D eigenvalue weighted by molar-refractivity contribution is 0.102. The maximum atomic E-state index is 12.6. The fourth-order valence-corrected chi connectivity index (χ4v) is 2.63. The Balaban J connectivity index is 1.81. The van der Waals surface area contributed by atoms with Crippen LogP contribution in [-0.4, -0.2) is 41.2 Å². The topological polar surface area (TPSA) is 50.2 Å². The van der Waals surface area contributed by atoms with E-state index in [1.54, 1.807) is 10.7 Å². The molecule has 0 aliphatic carbocycles. The minimum absolute atomic E-state index is 0.182. The standard InChI is InChI=1S/C19H22N4O/c1-14-8-9-15-6-4-5-7-16(15)18(14)20-19(24)17-10-11-23(21-17)13-12-22(2)3/h4-11H,12-13H2,1-3H3,(H,20,24). The molecule has 5 nitrogen and oxygen atoms in total. The first-order valence-corrected chi connectivity index (χ1v) is 8.02. The monoisotopic (exact) mass is 322 g/mol. The number of hydrogen-bond acceptors (Lipinski definition) is 3. The summed E-state index contributed by atoms with van der Waals surface area (Å²) in [6.45, 7) is 3.64. The van der Waals surface area contributed by atoms with Gasteiger partial charge in [-0.05, 0) is 38.0 Å². The summed E-state index contributed by atoms with van der Waals surface area (Å²) in [7, 11) is 4.03. The van der Waals surface area contributed by atoms with Crippen molar-refractivity contribution in [1.29, 1.82) is 0 Å². The summed E-state index contributed by atoms with van der Waals surface area (Å²) in [5.74, 6) is -0.182. The first-order valence-electron chi connectivity index (χ1n) is 8.02. The SMILES string of the molecule is Cc1ccc2ccccc2c1NC(=O)c1ccn(CCN(C)C)n1. The first kappa shape index (κ1) is 16.2. The number of carbonyl (C=O) groups is 1. The van der Waals surface area contributed by atoms with E-state index in [0.29, 0.717) is 5.69 Å². The molecule has 0 saturated carbocycles. The molecule has 0 saturated heterocycles. The van der Waals surface area contributed by atoms with Crippen LogP contribution in [0.25, 0.3) is 10.8 Å². The largest absolute Gasteiger partial charge is 0.320 e. The molecule has 0 fully saturated rings.